The Hall–Kier alpha value is -0.390. The summed E-state index contributed by atoms with van der Waals surface area (Å²) in [6.07, 6.45) is 6.92. The fourth-order valence-corrected chi connectivity index (χ4v) is 2.89. The van der Waals surface area contributed by atoms with Gasteiger partial charge in [0.15, 0.2) is 0 Å². The van der Waals surface area contributed by atoms with Gasteiger partial charge >= 0.3 is 0 Å². The zero-order chi connectivity index (χ0) is 12.3. The summed E-state index contributed by atoms with van der Waals surface area (Å²) < 4.78 is 8.06. The summed E-state index contributed by atoms with van der Waals surface area (Å²) in [5.41, 5.74) is 7.40. The van der Waals surface area contributed by atoms with Gasteiger partial charge in [-0.15, -0.1) is 0 Å². The van der Waals surface area contributed by atoms with E-state index in [9.17, 15) is 0 Å². The van der Waals surface area contributed by atoms with E-state index in [0.717, 1.165) is 29.1 Å². The molecule has 1 aliphatic rings. The fraction of sp³-hybridized carbons (Fsp3) is 0.750. The largest absolute Gasteiger partial charge is 0.383 e. The van der Waals surface area contributed by atoms with Crippen molar-refractivity contribution in [3.63, 3.8) is 0 Å². The van der Waals surface area contributed by atoms with E-state index in [1.807, 2.05) is 10.9 Å². The molecule has 1 saturated carbocycles. The second-order valence-corrected chi connectivity index (χ2v) is 5.59. The van der Waals surface area contributed by atoms with Crippen molar-refractivity contribution in [1.29, 1.82) is 0 Å². The predicted molar refractivity (Wildman–Crippen MR) is 70.7 cm³/mol. The number of hydrogen-bond donors (Lipinski definition) is 1. The molecule has 2 rings (SSSR count). The van der Waals surface area contributed by atoms with E-state index < -0.39 is 0 Å². The van der Waals surface area contributed by atoms with Gasteiger partial charge in [0.2, 0.25) is 0 Å². The third-order valence-electron chi connectivity index (χ3n) is 3.50. The van der Waals surface area contributed by atoms with Crippen LogP contribution < -0.4 is 5.73 Å². The van der Waals surface area contributed by atoms with Crippen LogP contribution in [0.25, 0.3) is 0 Å². The summed E-state index contributed by atoms with van der Waals surface area (Å²) in [6, 6.07) is 0.0778. The summed E-state index contributed by atoms with van der Waals surface area (Å²) in [4.78, 5) is 0. The Bertz CT molecular complexity index is 363. The first kappa shape index (κ1) is 13.1. The minimum atomic E-state index is 0.0778. The van der Waals surface area contributed by atoms with E-state index >= 15 is 0 Å². The van der Waals surface area contributed by atoms with E-state index in [-0.39, 0.29) is 6.04 Å². The molecule has 0 spiro atoms. The molecule has 0 radical (unpaired) electrons. The molecular formula is C12H20BrN3O. The first-order valence-corrected chi connectivity index (χ1v) is 6.97. The van der Waals surface area contributed by atoms with Crippen molar-refractivity contribution in [2.24, 2.45) is 11.7 Å². The molecule has 5 heteroatoms. The molecule has 96 valence electrons. The second kappa shape index (κ2) is 5.98. The molecule has 0 saturated heterocycles. The Balaban J connectivity index is 2.03. The van der Waals surface area contributed by atoms with Crippen LogP contribution in [0.5, 0.6) is 0 Å². The molecule has 0 aromatic carbocycles. The fourth-order valence-electron chi connectivity index (χ4n) is 2.30. The Morgan fingerprint density at radius 3 is 3.00 bits per heavy atom. The van der Waals surface area contributed by atoms with E-state index in [4.69, 9.17) is 10.5 Å². The molecule has 4 nitrogen and oxygen atoms in total. The van der Waals surface area contributed by atoms with Gasteiger partial charge in [0.05, 0.1) is 29.5 Å². The van der Waals surface area contributed by atoms with Crippen LogP contribution in [-0.2, 0) is 11.3 Å². The molecule has 1 aromatic rings. The highest BCUT2D eigenvalue weighted by Gasteiger charge is 2.24. The summed E-state index contributed by atoms with van der Waals surface area (Å²) in [6.45, 7) is 1.42. The molecule has 0 bridgehead atoms. The third-order valence-corrected chi connectivity index (χ3v) is 4.11. The molecule has 1 fully saturated rings. The van der Waals surface area contributed by atoms with E-state index in [1.54, 1.807) is 7.11 Å². The number of hydrogen-bond acceptors (Lipinski definition) is 3. The molecule has 0 amide bonds. The van der Waals surface area contributed by atoms with Gasteiger partial charge in [-0.1, -0.05) is 19.3 Å². The number of nitrogens with zero attached hydrogens (tertiary/aromatic N) is 2. The normalized spacial score (nSPS) is 18.1. The smallest absolute Gasteiger partial charge is 0.0694 e. The first-order chi connectivity index (χ1) is 8.22. The average molecular weight is 302 g/mol. The van der Waals surface area contributed by atoms with Crippen molar-refractivity contribution >= 4 is 15.9 Å². The topological polar surface area (TPSA) is 53.1 Å². The van der Waals surface area contributed by atoms with E-state index in [1.165, 1.54) is 19.3 Å². The lowest BCUT2D eigenvalue weighted by molar-refractivity contribution is 0.181. The lowest BCUT2D eigenvalue weighted by atomic mass is 9.80. The number of rotatable bonds is 6. The second-order valence-electron chi connectivity index (χ2n) is 4.73. The maximum absolute atomic E-state index is 6.29. The van der Waals surface area contributed by atoms with Gasteiger partial charge in [0, 0.05) is 13.2 Å². The van der Waals surface area contributed by atoms with Crippen LogP contribution in [-0.4, -0.2) is 23.5 Å². The number of ether oxygens (including phenoxy) is 1. The first-order valence-electron chi connectivity index (χ1n) is 6.18. The summed E-state index contributed by atoms with van der Waals surface area (Å²) in [5, 5.41) is 4.34. The van der Waals surface area contributed by atoms with Gasteiger partial charge in [-0.05, 0) is 28.3 Å². The Morgan fingerprint density at radius 2 is 2.41 bits per heavy atom. The Labute approximate surface area is 111 Å². The highest BCUT2D eigenvalue weighted by atomic mass is 79.9. The minimum Gasteiger partial charge on any atom is -0.383 e. The number of methoxy groups -OCH3 is 1. The lowest BCUT2D eigenvalue weighted by Crippen LogP contribution is -2.23. The van der Waals surface area contributed by atoms with Crippen LogP contribution in [0.15, 0.2) is 10.7 Å². The van der Waals surface area contributed by atoms with Gasteiger partial charge in [0.1, 0.15) is 0 Å². The maximum atomic E-state index is 6.29. The van der Waals surface area contributed by atoms with Crippen molar-refractivity contribution in [3.05, 3.63) is 16.4 Å². The SMILES string of the molecule is COCCn1ncc(Br)c1C(N)CC1CCC1. The molecule has 1 aromatic heterocycles. The monoisotopic (exact) mass is 301 g/mol. The zero-order valence-electron chi connectivity index (χ0n) is 10.2. The highest BCUT2D eigenvalue weighted by Crippen LogP contribution is 2.35. The van der Waals surface area contributed by atoms with Crippen molar-refractivity contribution in [2.75, 3.05) is 13.7 Å². The quantitative estimate of drug-likeness (QED) is 0.878. The maximum Gasteiger partial charge on any atom is 0.0694 e. The molecule has 17 heavy (non-hydrogen) atoms. The number of halogens is 1. The van der Waals surface area contributed by atoms with Gasteiger partial charge < -0.3 is 10.5 Å². The van der Waals surface area contributed by atoms with Crippen LogP contribution in [0.2, 0.25) is 0 Å². The van der Waals surface area contributed by atoms with Crippen LogP contribution in [0.3, 0.4) is 0 Å². The summed E-state index contributed by atoms with van der Waals surface area (Å²) in [5.74, 6) is 0.808. The average Bonchev–Trinajstić information content (AvgIpc) is 2.62. The Morgan fingerprint density at radius 1 is 1.65 bits per heavy atom. The highest BCUT2D eigenvalue weighted by molar-refractivity contribution is 9.10. The van der Waals surface area contributed by atoms with Crippen molar-refractivity contribution in [3.8, 4) is 0 Å². The van der Waals surface area contributed by atoms with Crippen molar-refractivity contribution in [2.45, 2.75) is 38.3 Å². The van der Waals surface area contributed by atoms with Crippen LogP contribution >= 0.6 is 15.9 Å². The van der Waals surface area contributed by atoms with E-state index in [0.29, 0.717) is 6.61 Å². The van der Waals surface area contributed by atoms with Gasteiger partial charge in [-0.2, -0.15) is 5.10 Å². The van der Waals surface area contributed by atoms with E-state index in [2.05, 4.69) is 21.0 Å². The standard InChI is InChI=1S/C12H20BrN3O/c1-17-6-5-16-12(10(13)8-15-16)11(14)7-9-3-2-4-9/h8-9,11H,2-7,14H2,1H3. The van der Waals surface area contributed by atoms with Crippen molar-refractivity contribution < 1.29 is 4.74 Å². The summed E-state index contributed by atoms with van der Waals surface area (Å²) in [7, 11) is 1.70. The van der Waals surface area contributed by atoms with Gasteiger partial charge in [-0.3, -0.25) is 4.68 Å². The number of nitrogens with two attached hydrogens (primary N) is 1. The van der Waals surface area contributed by atoms with Crippen LogP contribution in [0, 0.1) is 5.92 Å². The molecule has 1 atom stereocenters. The predicted octanol–water partition coefficient (Wildman–Crippen LogP) is 2.48. The summed E-state index contributed by atoms with van der Waals surface area (Å²) >= 11 is 3.54. The molecule has 0 aliphatic heterocycles. The van der Waals surface area contributed by atoms with Crippen LogP contribution in [0.4, 0.5) is 0 Å². The van der Waals surface area contributed by atoms with Crippen LogP contribution in [0.1, 0.15) is 37.4 Å². The van der Waals surface area contributed by atoms with Gasteiger partial charge in [-0.25, -0.2) is 0 Å². The third kappa shape index (κ3) is 3.09. The zero-order valence-corrected chi connectivity index (χ0v) is 11.8. The molecule has 1 aliphatic carbocycles. The molecular weight excluding hydrogens is 282 g/mol. The minimum absolute atomic E-state index is 0.0778. The van der Waals surface area contributed by atoms with Gasteiger partial charge in [0.25, 0.3) is 0 Å². The lowest BCUT2D eigenvalue weighted by Gasteiger charge is -2.28. The molecule has 1 heterocycles. The number of aromatic nitrogens is 2. The molecule has 1 unspecified atom stereocenters. The molecule has 2 N–H and O–H groups in total. The Kier molecular flexibility index (Phi) is 4.59. The van der Waals surface area contributed by atoms with Crippen molar-refractivity contribution in [1.82, 2.24) is 9.78 Å².